The molecule has 164 valence electrons. The smallest absolute Gasteiger partial charge is 0.237 e. The van der Waals surface area contributed by atoms with Gasteiger partial charge in [0.15, 0.2) is 5.16 Å². The number of rotatable bonds is 8. The van der Waals surface area contributed by atoms with Gasteiger partial charge in [0.2, 0.25) is 11.8 Å². The molecule has 0 radical (unpaired) electrons. The minimum atomic E-state index is -0.253. The minimum absolute atomic E-state index is 0.0196. The van der Waals surface area contributed by atoms with Gasteiger partial charge < -0.3 is 14.8 Å². The fraction of sp³-hybridized carbons (Fsp3) is 0.217. The standard InChI is InChI=1S/C23H22ClN5O2S/c1-2-12-29-20(14-21(30)25-18-9-5-4-8-17(18)24)26-27-23(29)32-15-22(31)28-13-11-16-7-3-6-10-19(16)28/h2-10H,1,11-15H2,(H,25,30). The Morgan fingerprint density at radius 3 is 2.75 bits per heavy atom. The summed E-state index contributed by atoms with van der Waals surface area (Å²) in [4.78, 5) is 27.1. The monoisotopic (exact) mass is 467 g/mol. The van der Waals surface area contributed by atoms with Gasteiger partial charge in [0.05, 0.1) is 22.9 Å². The molecular weight excluding hydrogens is 446 g/mol. The average Bonchev–Trinajstić information content (AvgIpc) is 3.38. The molecule has 0 saturated carbocycles. The zero-order chi connectivity index (χ0) is 22.5. The van der Waals surface area contributed by atoms with Crippen LogP contribution in [0.4, 0.5) is 11.4 Å². The number of benzene rings is 2. The van der Waals surface area contributed by atoms with Crippen LogP contribution in [-0.4, -0.2) is 38.9 Å². The van der Waals surface area contributed by atoms with E-state index in [1.54, 1.807) is 34.9 Å². The van der Waals surface area contributed by atoms with Gasteiger partial charge in [-0.2, -0.15) is 0 Å². The van der Waals surface area contributed by atoms with Crippen LogP contribution >= 0.6 is 23.4 Å². The van der Waals surface area contributed by atoms with E-state index in [0.29, 0.717) is 34.8 Å². The number of carbonyl (C=O) groups excluding carboxylic acids is 2. The molecule has 0 unspecified atom stereocenters. The zero-order valence-electron chi connectivity index (χ0n) is 17.3. The normalized spacial score (nSPS) is 12.5. The van der Waals surface area contributed by atoms with Gasteiger partial charge in [-0.25, -0.2) is 0 Å². The lowest BCUT2D eigenvalue weighted by molar-refractivity contribution is -0.116. The maximum Gasteiger partial charge on any atom is 0.237 e. The summed E-state index contributed by atoms with van der Waals surface area (Å²) in [5.41, 5.74) is 2.70. The third-order valence-electron chi connectivity index (χ3n) is 5.08. The van der Waals surface area contributed by atoms with Crippen molar-refractivity contribution in [3.05, 3.63) is 77.6 Å². The molecule has 9 heteroatoms. The summed E-state index contributed by atoms with van der Waals surface area (Å²) >= 11 is 7.42. The third kappa shape index (κ3) is 4.87. The Bertz CT molecular complexity index is 1160. The first-order valence-corrected chi connectivity index (χ1v) is 11.5. The van der Waals surface area contributed by atoms with E-state index in [2.05, 4.69) is 28.2 Å². The molecule has 1 aromatic heterocycles. The summed E-state index contributed by atoms with van der Waals surface area (Å²) in [6.07, 6.45) is 2.60. The molecular formula is C23H22ClN5O2S. The van der Waals surface area contributed by atoms with E-state index in [0.717, 1.165) is 12.1 Å². The van der Waals surface area contributed by atoms with E-state index in [1.807, 2.05) is 23.1 Å². The van der Waals surface area contributed by atoms with Crippen molar-refractivity contribution in [2.45, 2.75) is 24.5 Å². The molecule has 1 N–H and O–H groups in total. The fourth-order valence-electron chi connectivity index (χ4n) is 3.57. The number of allylic oxidation sites excluding steroid dienone is 1. The number of halogens is 1. The first-order valence-electron chi connectivity index (χ1n) is 10.1. The predicted octanol–water partition coefficient (Wildman–Crippen LogP) is 3.98. The number of nitrogens with one attached hydrogen (secondary N) is 1. The number of nitrogens with zero attached hydrogens (tertiary/aromatic N) is 4. The van der Waals surface area contributed by atoms with Crippen LogP contribution in [0.1, 0.15) is 11.4 Å². The highest BCUT2D eigenvalue weighted by Gasteiger charge is 2.25. The molecule has 1 aliphatic rings. The molecule has 0 spiro atoms. The van der Waals surface area contributed by atoms with E-state index in [-0.39, 0.29) is 24.0 Å². The van der Waals surface area contributed by atoms with Crippen LogP contribution in [0, 0.1) is 0 Å². The quantitative estimate of drug-likeness (QED) is 0.400. The molecule has 3 aromatic rings. The van der Waals surface area contributed by atoms with Crippen molar-refractivity contribution < 1.29 is 9.59 Å². The lowest BCUT2D eigenvalue weighted by atomic mass is 10.2. The first kappa shape index (κ1) is 22.1. The number of carbonyl (C=O) groups is 2. The van der Waals surface area contributed by atoms with Crippen LogP contribution < -0.4 is 10.2 Å². The summed E-state index contributed by atoms with van der Waals surface area (Å²) in [5, 5.41) is 12.2. The zero-order valence-corrected chi connectivity index (χ0v) is 18.9. The van der Waals surface area contributed by atoms with Gasteiger partial charge in [-0.1, -0.05) is 59.8 Å². The van der Waals surface area contributed by atoms with Crippen molar-refractivity contribution in [3.8, 4) is 0 Å². The second-order valence-corrected chi connectivity index (χ2v) is 8.57. The highest BCUT2D eigenvalue weighted by atomic mass is 35.5. The van der Waals surface area contributed by atoms with Gasteiger partial charge in [0.1, 0.15) is 5.82 Å². The summed E-state index contributed by atoms with van der Waals surface area (Å²) in [6.45, 7) is 4.90. The highest BCUT2D eigenvalue weighted by Crippen LogP contribution is 2.29. The van der Waals surface area contributed by atoms with Crippen LogP contribution in [0.3, 0.4) is 0 Å². The molecule has 4 rings (SSSR count). The van der Waals surface area contributed by atoms with Gasteiger partial charge >= 0.3 is 0 Å². The van der Waals surface area contributed by atoms with Gasteiger partial charge in [0.25, 0.3) is 0 Å². The van der Waals surface area contributed by atoms with Crippen LogP contribution in [0.2, 0.25) is 5.02 Å². The van der Waals surface area contributed by atoms with Crippen LogP contribution in [0.15, 0.2) is 66.3 Å². The Morgan fingerprint density at radius 1 is 1.16 bits per heavy atom. The van der Waals surface area contributed by atoms with E-state index in [4.69, 9.17) is 11.6 Å². The first-order chi connectivity index (χ1) is 15.6. The number of para-hydroxylation sites is 2. The number of hydrogen-bond acceptors (Lipinski definition) is 5. The van der Waals surface area contributed by atoms with Crippen LogP contribution in [0.5, 0.6) is 0 Å². The van der Waals surface area contributed by atoms with E-state index in [9.17, 15) is 9.59 Å². The fourth-order valence-corrected chi connectivity index (χ4v) is 4.60. The number of hydrogen-bond donors (Lipinski definition) is 1. The lowest BCUT2D eigenvalue weighted by Crippen LogP contribution is -2.30. The minimum Gasteiger partial charge on any atom is -0.324 e. The van der Waals surface area contributed by atoms with Crippen molar-refractivity contribution in [3.63, 3.8) is 0 Å². The maximum absolute atomic E-state index is 12.8. The number of amides is 2. The summed E-state index contributed by atoms with van der Waals surface area (Å²) < 4.78 is 1.80. The largest absolute Gasteiger partial charge is 0.324 e. The SMILES string of the molecule is C=CCn1c(CC(=O)Nc2ccccc2Cl)nnc1SCC(=O)N1CCc2ccccc21. The average molecular weight is 468 g/mol. The molecule has 7 nitrogen and oxygen atoms in total. The number of fused-ring (bicyclic) bond motifs is 1. The molecule has 2 aromatic carbocycles. The molecule has 1 aliphatic heterocycles. The molecule has 0 bridgehead atoms. The molecule has 2 heterocycles. The van der Waals surface area contributed by atoms with Crippen LogP contribution in [-0.2, 0) is 29.0 Å². The third-order valence-corrected chi connectivity index (χ3v) is 6.37. The van der Waals surface area contributed by atoms with Crippen molar-refractivity contribution >= 4 is 46.6 Å². The number of anilines is 2. The van der Waals surface area contributed by atoms with E-state index < -0.39 is 0 Å². The molecule has 0 aliphatic carbocycles. The highest BCUT2D eigenvalue weighted by molar-refractivity contribution is 7.99. The molecule has 0 atom stereocenters. The topological polar surface area (TPSA) is 80.1 Å². The number of aromatic nitrogens is 3. The van der Waals surface area contributed by atoms with Crippen molar-refractivity contribution in [1.29, 1.82) is 0 Å². The van der Waals surface area contributed by atoms with Crippen molar-refractivity contribution in [1.82, 2.24) is 14.8 Å². The lowest BCUT2D eigenvalue weighted by Gasteiger charge is -2.17. The van der Waals surface area contributed by atoms with E-state index in [1.165, 1.54) is 17.3 Å². The second kappa shape index (κ2) is 10.0. The summed E-state index contributed by atoms with van der Waals surface area (Å²) in [5.74, 6) is 0.495. The molecule has 0 saturated heterocycles. The van der Waals surface area contributed by atoms with E-state index >= 15 is 0 Å². The Hall–Kier alpha value is -3.10. The summed E-state index contributed by atoms with van der Waals surface area (Å²) in [6, 6.07) is 15.0. The predicted molar refractivity (Wildman–Crippen MR) is 127 cm³/mol. The van der Waals surface area contributed by atoms with Gasteiger partial charge in [-0.15, -0.1) is 16.8 Å². The summed E-state index contributed by atoms with van der Waals surface area (Å²) in [7, 11) is 0. The Balaban J connectivity index is 1.42. The Kier molecular flexibility index (Phi) is 6.92. The molecule has 2 amide bonds. The van der Waals surface area contributed by atoms with Gasteiger partial charge in [-0.05, 0) is 30.2 Å². The van der Waals surface area contributed by atoms with Gasteiger partial charge in [-0.3, -0.25) is 9.59 Å². The maximum atomic E-state index is 12.8. The Morgan fingerprint density at radius 2 is 1.94 bits per heavy atom. The molecule has 0 fully saturated rings. The molecule has 32 heavy (non-hydrogen) atoms. The van der Waals surface area contributed by atoms with Crippen LogP contribution in [0.25, 0.3) is 0 Å². The van der Waals surface area contributed by atoms with Gasteiger partial charge in [0, 0.05) is 18.8 Å². The Labute approximate surface area is 195 Å². The van der Waals surface area contributed by atoms with Crippen molar-refractivity contribution in [2.75, 3.05) is 22.5 Å². The second-order valence-electron chi connectivity index (χ2n) is 7.22. The number of thioether (sulfide) groups is 1. The van der Waals surface area contributed by atoms with Crippen molar-refractivity contribution in [2.24, 2.45) is 0 Å².